The van der Waals surface area contributed by atoms with E-state index in [9.17, 15) is 4.79 Å². The summed E-state index contributed by atoms with van der Waals surface area (Å²) in [6.45, 7) is 3.85. The van der Waals surface area contributed by atoms with Crippen LogP contribution in [-0.4, -0.2) is 11.6 Å². The predicted molar refractivity (Wildman–Crippen MR) is 89.9 cm³/mol. The van der Waals surface area contributed by atoms with E-state index in [0.29, 0.717) is 10.7 Å². The largest absolute Gasteiger partial charge is 0.320 e. The minimum absolute atomic E-state index is 0.203. The third-order valence-electron chi connectivity index (χ3n) is 3.51. The quantitative estimate of drug-likeness (QED) is 0.777. The number of hydrogen-bond acceptors (Lipinski definition) is 2. The molecule has 21 heavy (non-hydrogen) atoms. The van der Waals surface area contributed by atoms with E-state index in [-0.39, 0.29) is 5.91 Å². The molecule has 0 saturated heterocycles. The van der Waals surface area contributed by atoms with Gasteiger partial charge < -0.3 is 5.32 Å². The van der Waals surface area contributed by atoms with Crippen molar-refractivity contribution >= 4 is 50.5 Å². The van der Waals surface area contributed by atoms with Crippen molar-refractivity contribution in [2.24, 2.45) is 4.99 Å². The van der Waals surface area contributed by atoms with Gasteiger partial charge in [0, 0.05) is 10.0 Å². The van der Waals surface area contributed by atoms with Crippen molar-refractivity contribution < 1.29 is 4.79 Å². The van der Waals surface area contributed by atoms with Gasteiger partial charge in [-0.15, -0.1) is 0 Å². The number of nitrogens with one attached hydrogen (secondary N) is 1. The molecule has 1 aliphatic heterocycles. The van der Waals surface area contributed by atoms with Crippen LogP contribution in [0.2, 0.25) is 5.02 Å². The van der Waals surface area contributed by atoms with Gasteiger partial charge in [0.15, 0.2) is 0 Å². The van der Waals surface area contributed by atoms with Crippen molar-refractivity contribution in [1.29, 1.82) is 0 Å². The molecule has 1 amide bonds. The Kier molecular flexibility index (Phi) is 3.59. The third-order valence-corrected chi connectivity index (χ3v) is 4.85. The first-order chi connectivity index (χ1) is 9.99. The summed E-state index contributed by atoms with van der Waals surface area (Å²) in [5.74, 6) is -0.203. The molecule has 2 aromatic rings. The van der Waals surface area contributed by atoms with E-state index >= 15 is 0 Å². The van der Waals surface area contributed by atoms with Gasteiger partial charge >= 0.3 is 0 Å². The summed E-state index contributed by atoms with van der Waals surface area (Å²) in [5.41, 5.74) is 4.58. The number of halogens is 2. The Labute approximate surface area is 136 Å². The van der Waals surface area contributed by atoms with Crippen molar-refractivity contribution in [2.75, 3.05) is 5.32 Å². The number of hydrogen-bond donors (Lipinski definition) is 1. The molecular formula is C16H12BrClN2O. The molecule has 3 nitrogen and oxygen atoms in total. The normalized spacial score (nSPS) is 15.2. The van der Waals surface area contributed by atoms with Crippen molar-refractivity contribution in [1.82, 2.24) is 0 Å². The molecule has 0 radical (unpaired) electrons. The zero-order valence-electron chi connectivity index (χ0n) is 11.5. The van der Waals surface area contributed by atoms with Crippen molar-refractivity contribution in [3.63, 3.8) is 0 Å². The number of anilines is 1. The van der Waals surface area contributed by atoms with Gasteiger partial charge in [-0.25, -0.2) is 4.99 Å². The smallest absolute Gasteiger partial charge is 0.275 e. The zero-order chi connectivity index (χ0) is 15.1. The number of carbonyl (C=O) groups excluding carboxylic acids is 1. The van der Waals surface area contributed by atoms with Crippen LogP contribution in [0.5, 0.6) is 0 Å². The van der Waals surface area contributed by atoms with Gasteiger partial charge in [0.1, 0.15) is 5.71 Å². The third kappa shape index (κ3) is 2.39. The van der Waals surface area contributed by atoms with Gasteiger partial charge in [-0.05, 0) is 53.0 Å². The Morgan fingerprint density at radius 1 is 1.24 bits per heavy atom. The maximum Gasteiger partial charge on any atom is 0.275 e. The average Bonchev–Trinajstić information content (AvgIpc) is 2.76. The fraction of sp³-hybridized carbons (Fsp3) is 0.125. The van der Waals surface area contributed by atoms with E-state index in [2.05, 4.69) is 26.2 Å². The second kappa shape index (κ2) is 5.28. The molecule has 2 aromatic carbocycles. The molecule has 3 rings (SSSR count). The molecule has 1 N–H and O–H groups in total. The fourth-order valence-electron chi connectivity index (χ4n) is 2.32. The topological polar surface area (TPSA) is 41.5 Å². The van der Waals surface area contributed by atoms with Crippen LogP contribution in [0.25, 0.3) is 0 Å². The lowest BCUT2D eigenvalue weighted by Gasteiger charge is -2.07. The van der Waals surface area contributed by atoms with Crippen molar-refractivity contribution in [3.8, 4) is 0 Å². The molecule has 5 heteroatoms. The van der Waals surface area contributed by atoms with Crippen LogP contribution in [0.15, 0.2) is 39.8 Å². The van der Waals surface area contributed by atoms with Crippen LogP contribution >= 0.6 is 27.5 Å². The summed E-state index contributed by atoms with van der Waals surface area (Å²) in [7, 11) is 0. The zero-order valence-corrected chi connectivity index (χ0v) is 13.8. The van der Waals surface area contributed by atoms with Crippen LogP contribution in [0.3, 0.4) is 0 Å². The van der Waals surface area contributed by atoms with E-state index in [1.165, 1.54) is 0 Å². The number of carbonyl (C=O) groups is 1. The van der Waals surface area contributed by atoms with E-state index in [1.807, 2.05) is 44.2 Å². The molecule has 0 aliphatic carbocycles. The fourth-order valence-corrected chi connectivity index (χ4v) is 2.99. The lowest BCUT2D eigenvalue weighted by atomic mass is 10.1. The van der Waals surface area contributed by atoms with Crippen molar-refractivity contribution in [2.45, 2.75) is 13.8 Å². The molecule has 0 saturated carbocycles. The minimum Gasteiger partial charge on any atom is -0.320 e. The summed E-state index contributed by atoms with van der Waals surface area (Å²) >= 11 is 9.63. The van der Waals surface area contributed by atoms with Crippen LogP contribution in [0.1, 0.15) is 16.7 Å². The molecule has 0 aromatic heterocycles. The second-order valence-electron chi connectivity index (χ2n) is 4.92. The summed E-state index contributed by atoms with van der Waals surface area (Å²) in [5, 5.41) is 3.45. The van der Waals surface area contributed by atoms with Gasteiger partial charge in [0.05, 0.1) is 16.4 Å². The molecule has 106 valence electrons. The van der Waals surface area contributed by atoms with E-state index in [0.717, 1.165) is 32.5 Å². The number of fused-ring (bicyclic) bond motifs is 1. The van der Waals surface area contributed by atoms with E-state index in [1.54, 1.807) is 0 Å². The second-order valence-corrected chi connectivity index (χ2v) is 6.15. The summed E-state index contributed by atoms with van der Waals surface area (Å²) in [6.07, 6.45) is 0. The first kappa shape index (κ1) is 14.3. The number of aryl methyl sites for hydroxylation is 1. The van der Waals surface area contributed by atoms with E-state index < -0.39 is 0 Å². The SMILES string of the molecule is Cc1ccccc1N=C1C(=O)Nc2c1cc(Br)c(Cl)c2C. The highest BCUT2D eigenvalue weighted by Crippen LogP contribution is 2.38. The van der Waals surface area contributed by atoms with Gasteiger partial charge in [0.2, 0.25) is 0 Å². The lowest BCUT2D eigenvalue weighted by Crippen LogP contribution is -2.14. The molecule has 1 heterocycles. The van der Waals surface area contributed by atoms with Gasteiger partial charge in [-0.3, -0.25) is 4.79 Å². The number of benzene rings is 2. The molecule has 0 atom stereocenters. The number of amides is 1. The minimum atomic E-state index is -0.203. The molecule has 0 fully saturated rings. The number of nitrogens with zero attached hydrogens (tertiary/aromatic N) is 1. The first-order valence-corrected chi connectivity index (χ1v) is 7.60. The Morgan fingerprint density at radius 3 is 2.67 bits per heavy atom. The number of aliphatic imine (C=N–C) groups is 1. The molecule has 0 spiro atoms. The van der Waals surface area contributed by atoms with Crippen LogP contribution in [0.4, 0.5) is 11.4 Å². The number of para-hydroxylation sites is 1. The lowest BCUT2D eigenvalue weighted by molar-refractivity contribution is -0.110. The van der Waals surface area contributed by atoms with Gasteiger partial charge in [-0.1, -0.05) is 29.8 Å². The average molecular weight is 364 g/mol. The standard InChI is InChI=1S/C16H12BrClN2O/c1-8-5-3-4-6-12(8)19-15-10-7-11(17)13(18)9(2)14(10)20-16(15)21/h3-7H,1-2H3,(H,19,20,21). The van der Waals surface area contributed by atoms with Crippen LogP contribution in [-0.2, 0) is 4.79 Å². The molecular weight excluding hydrogens is 352 g/mol. The Morgan fingerprint density at radius 2 is 1.95 bits per heavy atom. The Balaban J connectivity index is 2.20. The van der Waals surface area contributed by atoms with E-state index in [4.69, 9.17) is 11.6 Å². The Hall–Kier alpha value is -1.65. The number of rotatable bonds is 1. The molecule has 0 unspecified atom stereocenters. The summed E-state index contributed by atoms with van der Waals surface area (Å²) in [6, 6.07) is 9.55. The Bertz CT molecular complexity index is 799. The molecule has 1 aliphatic rings. The first-order valence-electron chi connectivity index (χ1n) is 6.43. The monoisotopic (exact) mass is 362 g/mol. The van der Waals surface area contributed by atoms with Crippen LogP contribution < -0.4 is 5.32 Å². The summed E-state index contributed by atoms with van der Waals surface area (Å²) in [4.78, 5) is 16.8. The van der Waals surface area contributed by atoms with Gasteiger partial charge in [-0.2, -0.15) is 0 Å². The van der Waals surface area contributed by atoms with Gasteiger partial charge in [0.25, 0.3) is 5.91 Å². The van der Waals surface area contributed by atoms with Crippen molar-refractivity contribution in [3.05, 3.63) is 56.5 Å². The predicted octanol–water partition coefficient (Wildman–Crippen LogP) is 4.79. The molecule has 0 bridgehead atoms. The maximum absolute atomic E-state index is 12.2. The highest BCUT2D eigenvalue weighted by molar-refractivity contribution is 9.10. The summed E-state index contributed by atoms with van der Waals surface area (Å²) < 4.78 is 0.759. The highest BCUT2D eigenvalue weighted by Gasteiger charge is 2.29. The highest BCUT2D eigenvalue weighted by atomic mass is 79.9. The van der Waals surface area contributed by atoms with Crippen LogP contribution in [0, 0.1) is 13.8 Å². The maximum atomic E-state index is 12.2.